The number of rotatable bonds is 8. The van der Waals surface area contributed by atoms with Crippen molar-refractivity contribution in [1.29, 1.82) is 0 Å². The average Bonchev–Trinajstić information content (AvgIpc) is 3.20. The highest BCUT2D eigenvalue weighted by Crippen LogP contribution is 2.38. The first-order valence-electron chi connectivity index (χ1n) is 10.7. The number of ether oxygens (including phenoxy) is 1. The molecule has 1 fully saturated rings. The molecule has 0 aliphatic carbocycles. The summed E-state index contributed by atoms with van der Waals surface area (Å²) in [6, 6.07) is 25.1. The molecule has 32 heavy (non-hydrogen) atoms. The van der Waals surface area contributed by atoms with Gasteiger partial charge in [-0.05, 0) is 48.7 Å². The number of hydrogen-bond donors (Lipinski definition) is 1. The molecule has 0 bridgehead atoms. The molecule has 1 aliphatic heterocycles. The summed E-state index contributed by atoms with van der Waals surface area (Å²) in [4.78, 5) is 27.2. The minimum atomic E-state index is -0.195. The Morgan fingerprint density at radius 1 is 1.03 bits per heavy atom. The molecule has 0 saturated carbocycles. The van der Waals surface area contributed by atoms with E-state index in [0.717, 1.165) is 12.0 Å². The maximum absolute atomic E-state index is 12.7. The number of carbonyl (C=O) groups is 2. The van der Waals surface area contributed by atoms with Crippen molar-refractivity contribution in [3.05, 3.63) is 95.6 Å². The summed E-state index contributed by atoms with van der Waals surface area (Å²) in [5, 5.41) is 2.90. The van der Waals surface area contributed by atoms with E-state index in [0.29, 0.717) is 35.9 Å². The van der Waals surface area contributed by atoms with E-state index in [-0.39, 0.29) is 17.2 Å². The second-order valence-electron chi connectivity index (χ2n) is 7.49. The fourth-order valence-electron chi connectivity index (χ4n) is 3.71. The van der Waals surface area contributed by atoms with Crippen LogP contribution in [0.25, 0.3) is 0 Å². The fraction of sp³-hybridized carbons (Fsp3) is 0.231. The van der Waals surface area contributed by atoms with Crippen LogP contribution in [0.3, 0.4) is 0 Å². The van der Waals surface area contributed by atoms with Gasteiger partial charge in [-0.1, -0.05) is 54.6 Å². The number of nitrogens with one attached hydrogen (secondary N) is 1. The van der Waals surface area contributed by atoms with E-state index in [1.807, 2.05) is 78.6 Å². The lowest BCUT2D eigenvalue weighted by Crippen LogP contribution is -2.30. The van der Waals surface area contributed by atoms with Gasteiger partial charge in [0.25, 0.3) is 5.91 Å². The van der Waals surface area contributed by atoms with Gasteiger partial charge in [-0.25, -0.2) is 0 Å². The monoisotopic (exact) mass is 446 g/mol. The molecule has 0 unspecified atom stereocenters. The number of anilines is 1. The SMILES string of the molecule is CCOc1ccccc1NC(=O)c1ccc([C@@H]2SCC(=O)N2CCc2ccccc2)cc1. The van der Waals surface area contributed by atoms with Crippen LogP contribution in [0.15, 0.2) is 78.9 Å². The van der Waals surface area contributed by atoms with Crippen LogP contribution in [0.1, 0.15) is 33.8 Å². The van der Waals surface area contributed by atoms with Gasteiger partial charge in [0.2, 0.25) is 5.91 Å². The lowest BCUT2D eigenvalue weighted by atomic mass is 10.1. The van der Waals surface area contributed by atoms with Gasteiger partial charge in [-0.3, -0.25) is 9.59 Å². The summed E-state index contributed by atoms with van der Waals surface area (Å²) in [6.07, 6.45) is 0.823. The Bertz CT molecular complexity index is 1070. The second-order valence-corrected chi connectivity index (χ2v) is 8.56. The topological polar surface area (TPSA) is 58.6 Å². The summed E-state index contributed by atoms with van der Waals surface area (Å²) in [5.41, 5.74) is 3.45. The molecular formula is C26H26N2O3S. The first-order chi connectivity index (χ1) is 15.7. The lowest BCUT2D eigenvalue weighted by molar-refractivity contribution is -0.128. The Labute approximate surface area is 192 Å². The van der Waals surface area contributed by atoms with Crippen molar-refractivity contribution in [2.45, 2.75) is 18.7 Å². The Hall–Kier alpha value is -3.25. The number of hydrogen-bond acceptors (Lipinski definition) is 4. The van der Waals surface area contributed by atoms with Crippen molar-refractivity contribution in [2.24, 2.45) is 0 Å². The Kier molecular flexibility index (Phi) is 7.12. The molecule has 1 heterocycles. The summed E-state index contributed by atoms with van der Waals surface area (Å²) < 4.78 is 5.58. The molecule has 5 nitrogen and oxygen atoms in total. The molecule has 0 aromatic heterocycles. The third-order valence-electron chi connectivity index (χ3n) is 5.35. The third-order valence-corrected chi connectivity index (χ3v) is 6.60. The molecule has 4 rings (SSSR count). The molecule has 1 N–H and O–H groups in total. The van der Waals surface area contributed by atoms with E-state index < -0.39 is 0 Å². The van der Waals surface area contributed by atoms with Crippen molar-refractivity contribution in [3.8, 4) is 5.75 Å². The zero-order chi connectivity index (χ0) is 22.3. The fourth-order valence-corrected chi connectivity index (χ4v) is 4.93. The molecular weight excluding hydrogens is 420 g/mol. The van der Waals surface area contributed by atoms with E-state index >= 15 is 0 Å². The van der Waals surface area contributed by atoms with E-state index in [1.165, 1.54) is 5.56 Å². The van der Waals surface area contributed by atoms with Crippen LogP contribution >= 0.6 is 11.8 Å². The van der Waals surface area contributed by atoms with Gasteiger partial charge >= 0.3 is 0 Å². The summed E-state index contributed by atoms with van der Waals surface area (Å²) in [7, 11) is 0. The largest absolute Gasteiger partial charge is 0.492 e. The van der Waals surface area contributed by atoms with Crippen LogP contribution in [0, 0.1) is 0 Å². The second kappa shape index (κ2) is 10.4. The molecule has 1 aliphatic rings. The standard InChI is InChI=1S/C26H26N2O3S/c1-2-31-23-11-7-6-10-22(23)27-25(30)20-12-14-21(15-13-20)26-28(24(29)18-32-26)17-16-19-8-4-3-5-9-19/h3-15,26H,2,16-18H2,1H3,(H,27,30)/t26-/m0/s1. The number of para-hydroxylation sites is 2. The van der Waals surface area contributed by atoms with Crippen LogP contribution in [-0.2, 0) is 11.2 Å². The van der Waals surface area contributed by atoms with Gasteiger partial charge in [0, 0.05) is 12.1 Å². The average molecular weight is 447 g/mol. The predicted molar refractivity (Wildman–Crippen MR) is 129 cm³/mol. The zero-order valence-corrected chi connectivity index (χ0v) is 18.8. The van der Waals surface area contributed by atoms with Gasteiger partial charge < -0.3 is 15.0 Å². The lowest BCUT2D eigenvalue weighted by Gasteiger charge is -2.24. The van der Waals surface area contributed by atoms with Crippen LogP contribution in [0.5, 0.6) is 5.75 Å². The molecule has 3 aromatic carbocycles. The first-order valence-corrected chi connectivity index (χ1v) is 11.8. The normalized spacial score (nSPS) is 15.6. The van der Waals surface area contributed by atoms with Crippen LogP contribution in [0.2, 0.25) is 0 Å². The maximum atomic E-state index is 12.7. The summed E-state index contributed by atoms with van der Waals surface area (Å²) in [6.45, 7) is 3.11. The summed E-state index contributed by atoms with van der Waals surface area (Å²) in [5.74, 6) is 1.09. The minimum Gasteiger partial charge on any atom is -0.492 e. The van der Waals surface area contributed by atoms with E-state index in [4.69, 9.17) is 4.74 Å². The molecule has 0 spiro atoms. The Morgan fingerprint density at radius 3 is 2.50 bits per heavy atom. The third kappa shape index (κ3) is 5.14. The van der Waals surface area contributed by atoms with Crippen molar-refractivity contribution in [2.75, 3.05) is 24.2 Å². The van der Waals surface area contributed by atoms with Gasteiger partial charge in [0.1, 0.15) is 11.1 Å². The van der Waals surface area contributed by atoms with Crippen molar-refractivity contribution >= 4 is 29.3 Å². The van der Waals surface area contributed by atoms with Crippen LogP contribution in [0.4, 0.5) is 5.69 Å². The highest BCUT2D eigenvalue weighted by Gasteiger charge is 2.32. The molecule has 2 amide bonds. The van der Waals surface area contributed by atoms with Gasteiger partial charge in [-0.15, -0.1) is 11.8 Å². The van der Waals surface area contributed by atoms with E-state index in [2.05, 4.69) is 17.4 Å². The zero-order valence-electron chi connectivity index (χ0n) is 18.0. The molecule has 164 valence electrons. The molecule has 0 radical (unpaired) electrons. The summed E-state index contributed by atoms with van der Waals surface area (Å²) >= 11 is 1.63. The first kappa shape index (κ1) is 22.0. The minimum absolute atomic E-state index is 0.0259. The number of benzene rings is 3. The molecule has 6 heteroatoms. The smallest absolute Gasteiger partial charge is 0.255 e. The van der Waals surface area contributed by atoms with Crippen LogP contribution in [-0.4, -0.2) is 35.6 Å². The predicted octanol–water partition coefficient (Wildman–Crippen LogP) is 5.15. The Balaban J connectivity index is 1.43. The number of thioether (sulfide) groups is 1. The van der Waals surface area contributed by atoms with Gasteiger partial charge in [0.15, 0.2) is 0 Å². The number of nitrogens with zero attached hydrogens (tertiary/aromatic N) is 1. The van der Waals surface area contributed by atoms with Gasteiger partial charge in [0.05, 0.1) is 18.0 Å². The number of amides is 2. The molecule has 1 atom stereocenters. The maximum Gasteiger partial charge on any atom is 0.255 e. The number of carbonyl (C=O) groups excluding carboxylic acids is 2. The molecule has 3 aromatic rings. The van der Waals surface area contributed by atoms with Crippen molar-refractivity contribution < 1.29 is 14.3 Å². The molecule has 1 saturated heterocycles. The van der Waals surface area contributed by atoms with E-state index in [9.17, 15) is 9.59 Å². The van der Waals surface area contributed by atoms with Crippen molar-refractivity contribution in [1.82, 2.24) is 4.90 Å². The van der Waals surface area contributed by atoms with Gasteiger partial charge in [-0.2, -0.15) is 0 Å². The van der Waals surface area contributed by atoms with Crippen LogP contribution < -0.4 is 10.1 Å². The van der Waals surface area contributed by atoms with Crippen molar-refractivity contribution in [3.63, 3.8) is 0 Å². The highest BCUT2D eigenvalue weighted by atomic mass is 32.2. The highest BCUT2D eigenvalue weighted by molar-refractivity contribution is 8.00. The quantitative estimate of drug-likeness (QED) is 0.520. The van der Waals surface area contributed by atoms with E-state index in [1.54, 1.807) is 11.8 Å². The Morgan fingerprint density at radius 2 is 1.75 bits per heavy atom.